The first-order valence-corrected chi connectivity index (χ1v) is 11.1. The Labute approximate surface area is 160 Å². The smallest absolute Gasteiger partial charge is 0.226 e. The van der Waals surface area contributed by atoms with Crippen molar-refractivity contribution in [1.29, 1.82) is 0 Å². The van der Waals surface area contributed by atoms with Crippen molar-refractivity contribution in [3.8, 4) is 0 Å². The molecule has 0 saturated carbocycles. The molecule has 3 nitrogen and oxygen atoms in total. The fourth-order valence-corrected chi connectivity index (χ4v) is 4.77. The van der Waals surface area contributed by atoms with Crippen molar-refractivity contribution >= 4 is 56.1 Å². The Morgan fingerprint density at radius 2 is 2.00 bits per heavy atom. The van der Waals surface area contributed by atoms with Crippen LogP contribution in [0.25, 0.3) is 10.2 Å². The summed E-state index contributed by atoms with van der Waals surface area (Å²) in [5.74, 6) is 0.974. The number of thioether (sulfide) groups is 2. The lowest BCUT2D eigenvalue weighted by Crippen LogP contribution is -2.11. The van der Waals surface area contributed by atoms with E-state index < -0.39 is 0 Å². The molecule has 6 heteroatoms. The van der Waals surface area contributed by atoms with Crippen LogP contribution in [0.4, 0.5) is 5.13 Å². The van der Waals surface area contributed by atoms with E-state index in [9.17, 15) is 4.79 Å². The number of carbonyl (C=O) groups excluding carboxylic acids is 1. The highest BCUT2D eigenvalue weighted by Gasteiger charge is 2.10. The number of nitrogens with one attached hydrogen (secondary N) is 1. The largest absolute Gasteiger partial charge is 0.302 e. The zero-order chi connectivity index (χ0) is 17.6. The molecule has 1 heterocycles. The molecule has 0 atom stereocenters. The lowest BCUT2D eigenvalue weighted by Gasteiger charge is -2.03. The molecule has 25 heavy (non-hydrogen) atoms. The molecular weight excluding hydrogens is 368 g/mol. The SMILES string of the molecule is CSc1cccc2sc(NC(=O)CCCSc3ccc(C)cc3)nc12. The summed E-state index contributed by atoms with van der Waals surface area (Å²) in [5, 5.41) is 3.63. The van der Waals surface area contributed by atoms with Gasteiger partial charge in [0.15, 0.2) is 5.13 Å². The number of anilines is 1. The molecule has 0 spiro atoms. The van der Waals surface area contributed by atoms with Crippen molar-refractivity contribution in [1.82, 2.24) is 4.98 Å². The summed E-state index contributed by atoms with van der Waals surface area (Å²) in [4.78, 5) is 19.1. The van der Waals surface area contributed by atoms with Crippen LogP contribution in [0.5, 0.6) is 0 Å². The number of amides is 1. The van der Waals surface area contributed by atoms with E-state index in [0.29, 0.717) is 11.6 Å². The minimum absolute atomic E-state index is 0.0364. The van der Waals surface area contributed by atoms with Gasteiger partial charge in [-0.05, 0) is 49.6 Å². The molecule has 0 aliphatic rings. The minimum atomic E-state index is 0.0364. The van der Waals surface area contributed by atoms with Crippen LogP contribution in [0.2, 0.25) is 0 Å². The third-order valence-electron chi connectivity index (χ3n) is 3.69. The standard InChI is InChI=1S/C19H20N2OS3/c1-13-8-10-14(11-9-13)24-12-4-7-17(22)20-19-21-18-15(23-2)5-3-6-16(18)25-19/h3,5-6,8-11H,4,7,12H2,1-2H3,(H,20,21,22). The summed E-state index contributed by atoms with van der Waals surface area (Å²) in [7, 11) is 0. The highest BCUT2D eigenvalue weighted by molar-refractivity contribution is 7.99. The molecule has 1 N–H and O–H groups in total. The molecule has 0 aliphatic carbocycles. The second-order valence-corrected chi connectivity index (χ2v) is 8.69. The molecule has 3 rings (SSSR count). The molecule has 0 unspecified atom stereocenters. The van der Waals surface area contributed by atoms with Gasteiger partial charge in [-0.15, -0.1) is 23.5 Å². The van der Waals surface area contributed by atoms with Crippen molar-refractivity contribution < 1.29 is 4.79 Å². The maximum absolute atomic E-state index is 12.1. The van der Waals surface area contributed by atoms with Gasteiger partial charge in [0.05, 0.1) is 10.2 Å². The van der Waals surface area contributed by atoms with E-state index in [1.807, 2.05) is 18.4 Å². The number of carbonyl (C=O) groups is 1. The molecule has 1 amide bonds. The van der Waals surface area contributed by atoms with Crippen LogP contribution in [-0.4, -0.2) is 22.9 Å². The molecule has 0 bridgehead atoms. The first kappa shape index (κ1) is 18.3. The van der Waals surface area contributed by atoms with Gasteiger partial charge >= 0.3 is 0 Å². The maximum atomic E-state index is 12.1. The van der Waals surface area contributed by atoms with Crippen LogP contribution >= 0.6 is 34.9 Å². The topological polar surface area (TPSA) is 42.0 Å². The third-order valence-corrected chi connectivity index (χ3v) is 6.49. The van der Waals surface area contributed by atoms with E-state index in [1.54, 1.807) is 23.5 Å². The highest BCUT2D eigenvalue weighted by Crippen LogP contribution is 2.32. The number of benzene rings is 2. The lowest BCUT2D eigenvalue weighted by molar-refractivity contribution is -0.116. The van der Waals surface area contributed by atoms with E-state index in [0.717, 1.165) is 27.3 Å². The summed E-state index contributed by atoms with van der Waals surface area (Å²) >= 11 is 5.00. The summed E-state index contributed by atoms with van der Waals surface area (Å²) < 4.78 is 1.11. The molecule has 0 saturated heterocycles. The van der Waals surface area contributed by atoms with Crippen LogP contribution < -0.4 is 5.32 Å². The third kappa shape index (κ3) is 5.00. The quantitative estimate of drug-likeness (QED) is 0.408. The molecule has 2 aromatic carbocycles. The number of para-hydroxylation sites is 1. The second-order valence-electron chi connectivity index (χ2n) is 5.64. The maximum Gasteiger partial charge on any atom is 0.226 e. The van der Waals surface area contributed by atoms with E-state index in [-0.39, 0.29) is 5.91 Å². The number of nitrogens with zero attached hydrogens (tertiary/aromatic N) is 1. The average Bonchev–Trinajstić information content (AvgIpc) is 3.02. The van der Waals surface area contributed by atoms with Crippen molar-refractivity contribution in [2.45, 2.75) is 29.6 Å². The van der Waals surface area contributed by atoms with Crippen LogP contribution in [0, 0.1) is 6.92 Å². The Morgan fingerprint density at radius 3 is 2.76 bits per heavy atom. The Balaban J connectivity index is 1.48. The van der Waals surface area contributed by atoms with Gasteiger partial charge in [-0.1, -0.05) is 35.1 Å². The molecule has 0 aliphatic heterocycles. The van der Waals surface area contributed by atoms with E-state index >= 15 is 0 Å². The van der Waals surface area contributed by atoms with Crippen LogP contribution in [0.15, 0.2) is 52.3 Å². The number of rotatable bonds is 7. The van der Waals surface area contributed by atoms with E-state index in [4.69, 9.17) is 0 Å². The van der Waals surface area contributed by atoms with Crippen molar-refractivity contribution in [3.05, 3.63) is 48.0 Å². The number of aromatic nitrogens is 1. The summed E-state index contributed by atoms with van der Waals surface area (Å²) in [6.45, 7) is 2.09. The van der Waals surface area contributed by atoms with Gasteiger partial charge in [0, 0.05) is 16.2 Å². The first-order valence-electron chi connectivity index (χ1n) is 8.08. The minimum Gasteiger partial charge on any atom is -0.302 e. The fourth-order valence-electron chi connectivity index (χ4n) is 2.38. The van der Waals surface area contributed by atoms with E-state index in [2.05, 4.69) is 47.6 Å². The predicted molar refractivity (Wildman–Crippen MR) is 111 cm³/mol. The van der Waals surface area contributed by atoms with Crippen molar-refractivity contribution in [2.75, 3.05) is 17.3 Å². The molecule has 130 valence electrons. The zero-order valence-corrected chi connectivity index (χ0v) is 16.7. The van der Waals surface area contributed by atoms with Crippen molar-refractivity contribution in [3.63, 3.8) is 0 Å². The first-order chi connectivity index (χ1) is 12.2. The molecule has 0 radical (unpaired) electrons. The van der Waals surface area contributed by atoms with Crippen LogP contribution in [0.1, 0.15) is 18.4 Å². The normalized spacial score (nSPS) is 11.0. The Bertz CT molecular complexity index is 859. The number of aryl methyl sites for hydroxylation is 1. The monoisotopic (exact) mass is 388 g/mol. The van der Waals surface area contributed by atoms with Gasteiger partial charge in [-0.3, -0.25) is 4.79 Å². The van der Waals surface area contributed by atoms with Gasteiger partial charge in [-0.25, -0.2) is 4.98 Å². The number of thiazole rings is 1. The van der Waals surface area contributed by atoms with Crippen LogP contribution in [-0.2, 0) is 4.79 Å². The Kier molecular flexibility index (Phi) is 6.39. The van der Waals surface area contributed by atoms with Gasteiger partial charge < -0.3 is 5.32 Å². The lowest BCUT2D eigenvalue weighted by atomic mass is 10.2. The second kappa shape index (κ2) is 8.74. The average molecular weight is 389 g/mol. The summed E-state index contributed by atoms with van der Waals surface area (Å²) in [6.07, 6.45) is 3.41. The molecule has 0 fully saturated rings. The van der Waals surface area contributed by atoms with E-state index in [1.165, 1.54) is 21.8 Å². The highest BCUT2D eigenvalue weighted by atomic mass is 32.2. The molecule has 3 aromatic rings. The van der Waals surface area contributed by atoms with Gasteiger partial charge in [0.2, 0.25) is 5.91 Å². The zero-order valence-electron chi connectivity index (χ0n) is 14.2. The van der Waals surface area contributed by atoms with Gasteiger partial charge in [0.25, 0.3) is 0 Å². The number of fused-ring (bicyclic) bond motifs is 1. The Hall–Kier alpha value is -1.50. The number of hydrogen-bond donors (Lipinski definition) is 1. The number of hydrogen-bond acceptors (Lipinski definition) is 5. The predicted octanol–water partition coefficient (Wildman–Crippen LogP) is 5.84. The molecule has 1 aromatic heterocycles. The fraction of sp³-hybridized carbons (Fsp3) is 0.263. The molecular formula is C19H20N2OS3. The van der Waals surface area contributed by atoms with Crippen LogP contribution in [0.3, 0.4) is 0 Å². The summed E-state index contributed by atoms with van der Waals surface area (Å²) in [5.41, 5.74) is 2.24. The van der Waals surface area contributed by atoms with Crippen molar-refractivity contribution in [2.24, 2.45) is 0 Å². The van der Waals surface area contributed by atoms with Gasteiger partial charge in [-0.2, -0.15) is 0 Å². The summed E-state index contributed by atoms with van der Waals surface area (Å²) in [6, 6.07) is 14.6. The van der Waals surface area contributed by atoms with Gasteiger partial charge in [0.1, 0.15) is 0 Å². The Morgan fingerprint density at radius 1 is 1.20 bits per heavy atom.